The van der Waals surface area contributed by atoms with E-state index in [1.54, 1.807) is 0 Å². The van der Waals surface area contributed by atoms with Crippen molar-refractivity contribution in [2.24, 2.45) is 0 Å². The first kappa shape index (κ1) is 13.6. The maximum absolute atomic E-state index is 3.78. The standard InChI is InChI=1S/C19H23Si/c1-19(2,3)20(4,5)16-10-11-18-15(13-16)12-14-8-6-7-9-17(14)18/h6-11H,12H2,1-5H3. The summed E-state index contributed by atoms with van der Waals surface area (Å²) in [4.78, 5) is 0. The van der Waals surface area contributed by atoms with Crippen LogP contribution in [0.15, 0.2) is 36.4 Å². The molecule has 3 rings (SSSR count). The summed E-state index contributed by atoms with van der Waals surface area (Å²) in [5, 5.41) is 1.83. The molecule has 0 aromatic heterocycles. The van der Waals surface area contributed by atoms with Crippen LogP contribution < -0.4 is 5.19 Å². The summed E-state index contributed by atoms with van der Waals surface area (Å²) in [6.07, 6.45) is 1.05. The predicted molar refractivity (Wildman–Crippen MR) is 90.4 cm³/mol. The van der Waals surface area contributed by atoms with Crippen LogP contribution in [0.3, 0.4) is 0 Å². The SMILES string of the molecule is CC(C)(C)[Si](C)(C)c1[c]c2c(cc1)-c1ccccc1C2. The smallest absolute Gasteiger partial charge is 0.0650 e. The Morgan fingerprint density at radius 2 is 1.65 bits per heavy atom. The Balaban J connectivity index is 2.08. The molecule has 103 valence electrons. The van der Waals surface area contributed by atoms with E-state index in [1.807, 2.05) is 0 Å². The van der Waals surface area contributed by atoms with E-state index >= 15 is 0 Å². The van der Waals surface area contributed by atoms with E-state index < -0.39 is 8.07 Å². The van der Waals surface area contributed by atoms with Crippen molar-refractivity contribution in [3.8, 4) is 11.1 Å². The minimum absolute atomic E-state index is 0.364. The van der Waals surface area contributed by atoms with E-state index in [-0.39, 0.29) is 0 Å². The van der Waals surface area contributed by atoms with Gasteiger partial charge in [-0.2, -0.15) is 0 Å². The van der Waals surface area contributed by atoms with E-state index in [9.17, 15) is 0 Å². The second-order valence-electron chi connectivity index (χ2n) is 7.47. The highest BCUT2D eigenvalue weighted by atomic mass is 28.3. The number of hydrogen-bond acceptors (Lipinski definition) is 0. The fourth-order valence-corrected chi connectivity index (χ4v) is 4.60. The van der Waals surface area contributed by atoms with Gasteiger partial charge in [0.1, 0.15) is 0 Å². The predicted octanol–water partition coefficient (Wildman–Crippen LogP) is 4.77. The third kappa shape index (κ3) is 1.96. The van der Waals surface area contributed by atoms with Crippen molar-refractivity contribution >= 4 is 13.3 Å². The van der Waals surface area contributed by atoms with Crippen LogP contribution in [0.2, 0.25) is 18.1 Å². The van der Waals surface area contributed by atoms with Crippen molar-refractivity contribution in [2.45, 2.75) is 45.3 Å². The quantitative estimate of drug-likeness (QED) is 0.563. The van der Waals surface area contributed by atoms with Crippen molar-refractivity contribution in [2.75, 3.05) is 0 Å². The van der Waals surface area contributed by atoms with Crippen LogP contribution in [-0.2, 0) is 6.42 Å². The zero-order valence-corrected chi connectivity index (χ0v) is 14.2. The summed E-state index contributed by atoms with van der Waals surface area (Å²) in [5.41, 5.74) is 5.64. The molecule has 0 fully saturated rings. The Bertz CT molecular complexity index is 660. The first-order chi connectivity index (χ1) is 9.30. The zero-order chi connectivity index (χ0) is 14.5. The molecule has 0 heterocycles. The summed E-state index contributed by atoms with van der Waals surface area (Å²) in [6, 6.07) is 17.2. The minimum Gasteiger partial charge on any atom is -0.0650 e. The van der Waals surface area contributed by atoms with E-state index in [2.05, 4.69) is 76.3 Å². The molecule has 1 aliphatic carbocycles. The van der Waals surface area contributed by atoms with Crippen molar-refractivity contribution < 1.29 is 0 Å². The lowest BCUT2D eigenvalue weighted by atomic mass is 10.1. The largest absolute Gasteiger partial charge is 0.0867 e. The van der Waals surface area contributed by atoms with Gasteiger partial charge in [0.25, 0.3) is 0 Å². The van der Waals surface area contributed by atoms with Gasteiger partial charge in [-0.15, -0.1) is 0 Å². The average Bonchev–Trinajstić information content (AvgIpc) is 2.74. The fourth-order valence-electron chi connectivity index (χ4n) is 2.83. The third-order valence-electron chi connectivity index (χ3n) is 5.25. The van der Waals surface area contributed by atoms with Crippen molar-refractivity contribution in [3.63, 3.8) is 0 Å². The van der Waals surface area contributed by atoms with Gasteiger partial charge < -0.3 is 0 Å². The zero-order valence-electron chi connectivity index (χ0n) is 13.2. The van der Waals surface area contributed by atoms with Gasteiger partial charge in [0.2, 0.25) is 0 Å². The van der Waals surface area contributed by atoms with Crippen LogP contribution >= 0.6 is 0 Å². The Kier molecular flexibility index (Phi) is 2.95. The van der Waals surface area contributed by atoms with Crippen molar-refractivity contribution in [3.05, 3.63) is 53.6 Å². The highest BCUT2D eigenvalue weighted by molar-refractivity contribution is 6.92. The Morgan fingerprint density at radius 3 is 2.35 bits per heavy atom. The molecule has 0 saturated heterocycles. The van der Waals surface area contributed by atoms with Crippen LogP contribution in [0, 0.1) is 6.07 Å². The van der Waals surface area contributed by atoms with Gasteiger partial charge in [-0.1, -0.05) is 75.5 Å². The van der Waals surface area contributed by atoms with Crippen molar-refractivity contribution in [1.82, 2.24) is 0 Å². The van der Waals surface area contributed by atoms with Crippen molar-refractivity contribution in [1.29, 1.82) is 0 Å². The highest BCUT2D eigenvalue weighted by Crippen LogP contribution is 2.39. The van der Waals surface area contributed by atoms with Crippen LogP contribution in [0.5, 0.6) is 0 Å². The first-order valence-electron chi connectivity index (χ1n) is 7.45. The van der Waals surface area contributed by atoms with Crippen LogP contribution in [0.1, 0.15) is 31.9 Å². The fraction of sp³-hybridized carbons (Fsp3) is 0.368. The summed E-state index contributed by atoms with van der Waals surface area (Å²) in [7, 11) is -1.48. The molecule has 0 N–H and O–H groups in total. The van der Waals surface area contributed by atoms with E-state index in [0.717, 1.165) is 6.42 Å². The molecule has 1 radical (unpaired) electrons. The molecule has 0 unspecified atom stereocenters. The Labute approximate surface area is 123 Å². The second kappa shape index (κ2) is 4.32. The lowest BCUT2D eigenvalue weighted by molar-refractivity contribution is 0.729. The second-order valence-corrected chi connectivity index (χ2v) is 12.8. The number of hydrogen-bond donors (Lipinski definition) is 0. The normalized spacial score (nSPS) is 14.1. The molecule has 2 aromatic rings. The number of fused-ring (bicyclic) bond motifs is 3. The molecule has 0 spiro atoms. The molecule has 1 heteroatoms. The molecular weight excluding hydrogens is 256 g/mol. The minimum atomic E-state index is -1.48. The topological polar surface area (TPSA) is 0 Å². The van der Waals surface area contributed by atoms with Crippen LogP contribution in [0.4, 0.5) is 0 Å². The Morgan fingerprint density at radius 1 is 0.950 bits per heavy atom. The summed E-state index contributed by atoms with van der Waals surface area (Å²) >= 11 is 0. The lowest BCUT2D eigenvalue weighted by Crippen LogP contribution is -2.49. The van der Waals surface area contributed by atoms with E-state index in [1.165, 1.54) is 27.4 Å². The van der Waals surface area contributed by atoms with Gasteiger partial charge in [0.15, 0.2) is 0 Å². The molecule has 0 aliphatic heterocycles. The molecular formula is C19H23Si. The Hall–Kier alpha value is -1.34. The number of benzene rings is 2. The summed E-state index contributed by atoms with van der Waals surface area (Å²) in [5.74, 6) is 0. The number of rotatable bonds is 1. The van der Waals surface area contributed by atoms with Gasteiger partial charge >= 0.3 is 0 Å². The monoisotopic (exact) mass is 279 g/mol. The van der Waals surface area contributed by atoms with Gasteiger partial charge in [0, 0.05) is 0 Å². The van der Waals surface area contributed by atoms with Crippen LogP contribution in [-0.4, -0.2) is 8.07 Å². The van der Waals surface area contributed by atoms with Gasteiger partial charge in [-0.05, 0) is 39.8 Å². The molecule has 0 atom stereocenters. The first-order valence-corrected chi connectivity index (χ1v) is 10.4. The molecule has 0 saturated carbocycles. The van der Waals surface area contributed by atoms with Gasteiger partial charge in [0.05, 0.1) is 8.07 Å². The third-order valence-corrected chi connectivity index (χ3v) is 10.6. The summed E-state index contributed by atoms with van der Waals surface area (Å²) in [6.45, 7) is 12.0. The molecule has 2 aromatic carbocycles. The molecule has 0 amide bonds. The highest BCUT2D eigenvalue weighted by Gasteiger charge is 2.37. The average molecular weight is 279 g/mol. The molecule has 0 bridgehead atoms. The summed E-state index contributed by atoms with van der Waals surface area (Å²) < 4.78 is 0. The molecule has 1 aliphatic rings. The molecule has 20 heavy (non-hydrogen) atoms. The maximum atomic E-state index is 3.78. The van der Waals surface area contributed by atoms with E-state index in [4.69, 9.17) is 0 Å². The van der Waals surface area contributed by atoms with Gasteiger partial charge in [-0.3, -0.25) is 0 Å². The molecule has 0 nitrogen and oxygen atoms in total. The van der Waals surface area contributed by atoms with E-state index in [0.29, 0.717) is 5.04 Å². The van der Waals surface area contributed by atoms with Crippen LogP contribution in [0.25, 0.3) is 11.1 Å². The maximum Gasteiger partial charge on any atom is 0.0867 e. The lowest BCUT2D eigenvalue weighted by Gasteiger charge is -2.37. The van der Waals surface area contributed by atoms with Gasteiger partial charge in [-0.25, -0.2) is 0 Å².